The van der Waals surface area contributed by atoms with E-state index in [0.29, 0.717) is 19.5 Å². The first-order chi connectivity index (χ1) is 8.75. The summed E-state index contributed by atoms with van der Waals surface area (Å²) in [5.74, 6) is -0.661. The molecule has 4 heteroatoms. The summed E-state index contributed by atoms with van der Waals surface area (Å²) in [6, 6.07) is 9.76. The lowest BCUT2D eigenvalue weighted by molar-refractivity contribution is -0.140. The van der Waals surface area contributed by atoms with Gasteiger partial charge in [-0.15, -0.1) is 0 Å². The van der Waals surface area contributed by atoms with Crippen LogP contribution in [0.4, 0.5) is 0 Å². The maximum atomic E-state index is 11.6. The van der Waals surface area contributed by atoms with Crippen molar-refractivity contribution in [1.82, 2.24) is 9.88 Å². The lowest BCUT2D eigenvalue weighted by Gasteiger charge is -2.15. The van der Waals surface area contributed by atoms with E-state index in [0.717, 1.165) is 16.5 Å². The minimum atomic E-state index is -0.372. The number of likely N-dealkylation sites (tertiary alicyclic amines) is 1. The number of hydrogen-bond donors (Lipinski definition) is 0. The lowest BCUT2D eigenvalue weighted by Crippen LogP contribution is -2.26. The van der Waals surface area contributed by atoms with Crippen molar-refractivity contribution in [3.05, 3.63) is 42.1 Å². The van der Waals surface area contributed by atoms with Gasteiger partial charge in [0.1, 0.15) is 0 Å². The Morgan fingerprint density at radius 3 is 2.78 bits per heavy atom. The van der Waals surface area contributed by atoms with Crippen LogP contribution in [0.25, 0.3) is 10.9 Å². The third kappa shape index (κ3) is 1.76. The second-order valence-electron chi connectivity index (χ2n) is 4.39. The fourth-order valence-corrected chi connectivity index (χ4v) is 2.27. The number of Topliss-reactive ketones (excluding diaryl/α,β-unsaturated/α-hetero) is 1. The van der Waals surface area contributed by atoms with Gasteiger partial charge in [-0.1, -0.05) is 24.3 Å². The fourth-order valence-electron chi connectivity index (χ4n) is 2.27. The summed E-state index contributed by atoms with van der Waals surface area (Å²) < 4.78 is 0. The van der Waals surface area contributed by atoms with Gasteiger partial charge in [0, 0.05) is 31.1 Å². The molecule has 1 amide bonds. The second kappa shape index (κ2) is 4.22. The monoisotopic (exact) mass is 240 g/mol. The van der Waals surface area contributed by atoms with Gasteiger partial charge in [0.05, 0.1) is 5.52 Å². The summed E-state index contributed by atoms with van der Waals surface area (Å²) in [6.07, 6.45) is 2.07. The zero-order chi connectivity index (χ0) is 12.5. The van der Waals surface area contributed by atoms with E-state index in [2.05, 4.69) is 4.98 Å². The molecule has 0 saturated carbocycles. The van der Waals surface area contributed by atoms with E-state index in [9.17, 15) is 9.59 Å². The van der Waals surface area contributed by atoms with Crippen LogP contribution >= 0.6 is 0 Å². The molecule has 0 N–H and O–H groups in total. The van der Waals surface area contributed by atoms with Crippen molar-refractivity contribution in [2.75, 3.05) is 6.54 Å². The standard InChI is InChI=1S/C14H12N2O2/c17-12-6-8-16(14(12)18)9-11-4-1-3-10-5-2-7-15-13(10)11/h1-5,7H,6,8-9H2. The molecule has 0 bridgehead atoms. The lowest BCUT2D eigenvalue weighted by atomic mass is 10.1. The molecule has 18 heavy (non-hydrogen) atoms. The highest BCUT2D eigenvalue weighted by atomic mass is 16.2. The number of carbonyl (C=O) groups is 2. The average Bonchev–Trinajstić information content (AvgIpc) is 2.71. The van der Waals surface area contributed by atoms with Crippen LogP contribution in [0.15, 0.2) is 36.5 Å². The number of nitrogens with zero attached hydrogens (tertiary/aromatic N) is 2. The predicted molar refractivity (Wildman–Crippen MR) is 66.8 cm³/mol. The third-order valence-electron chi connectivity index (χ3n) is 3.21. The van der Waals surface area contributed by atoms with Gasteiger partial charge < -0.3 is 4.90 Å². The molecular formula is C14H12N2O2. The zero-order valence-corrected chi connectivity index (χ0v) is 9.80. The number of aromatic nitrogens is 1. The molecule has 2 aromatic rings. The highest BCUT2D eigenvalue weighted by molar-refractivity contribution is 6.37. The van der Waals surface area contributed by atoms with Crippen molar-refractivity contribution in [2.24, 2.45) is 0 Å². The number of rotatable bonds is 2. The van der Waals surface area contributed by atoms with Crippen molar-refractivity contribution in [1.29, 1.82) is 0 Å². The molecule has 0 radical (unpaired) electrons. The quantitative estimate of drug-likeness (QED) is 0.748. The molecule has 1 fully saturated rings. The van der Waals surface area contributed by atoms with E-state index in [-0.39, 0.29) is 11.7 Å². The van der Waals surface area contributed by atoms with Crippen molar-refractivity contribution in [2.45, 2.75) is 13.0 Å². The second-order valence-corrected chi connectivity index (χ2v) is 4.39. The largest absolute Gasteiger partial charge is 0.331 e. The number of hydrogen-bond acceptors (Lipinski definition) is 3. The third-order valence-corrected chi connectivity index (χ3v) is 3.21. The van der Waals surface area contributed by atoms with Crippen LogP contribution in [-0.2, 0) is 16.1 Å². The van der Waals surface area contributed by atoms with Crippen LogP contribution in [0.1, 0.15) is 12.0 Å². The average molecular weight is 240 g/mol. The van der Waals surface area contributed by atoms with Crippen molar-refractivity contribution >= 4 is 22.6 Å². The van der Waals surface area contributed by atoms with Crippen LogP contribution in [-0.4, -0.2) is 28.1 Å². The molecule has 0 atom stereocenters. The smallest absolute Gasteiger partial charge is 0.290 e. The molecule has 1 aliphatic heterocycles. The minimum absolute atomic E-state index is 0.289. The first-order valence-electron chi connectivity index (χ1n) is 5.90. The first kappa shape index (κ1) is 10.9. The van der Waals surface area contributed by atoms with Gasteiger partial charge in [-0.2, -0.15) is 0 Å². The van der Waals surface area contributed by atoms with E-state index in [1.807, 2.05) is 30.3 Å². The first-order valence-corrected chi connectivity index (χ1v) is 5.90. The summed E-state index contributed by atoms with van der Waals surface area (Å²) in [5.41, 5.74) is 1.88. The number of carbonyl (C=O) groups excluding carboxylic acids is 2. The number of ketones is 1. The van der Waals surface area contributed by atoms with Crippen LogP contribution in [0.5, 0.6) is 0 Å². The number of para-hydroxylation sites is 1. The van der Waals surface area contributed by atoms with E-state index in [4.69, 9.17) is 0 Å². The Kier molecular flexibility index (Phi) is 2.55. The van der Waals surface area contributed by atoms with Crippen LogP contribution < -0.4 is 0 Å². The van der Waals surface area contributed by atoms with Crippen LogP contribution in [0, 0.1) is 0 Å². The zero-order valence-electron chi connectivity index (χ0n) is 9.80. The summed E-state index contributed by atoms with van der Waals surface area (Å²) in [5, 5.41) is 1.05. The molecular weight excluding hydrogens is 228 g/mol. The molecule has 1 saturated heterocycles. The molecule has 0 spiro atoms. The predicted octanol–water partition coefficient (Wildman–Crippen LogP) is 1.54. The maximum absolute atomic E-state index is 11.6. The van der Waals surface area contributed by atoms with Crippen molar-refractivity contribution < 1.29 is 9.59 Å². The van der Waals surface area contributed by atoms with Gasteiger partial charge in [0.25, 0.3) is 5.91 Å². The molecule has 4 nitrogen and oxygen atoms in total. The van der Waals surface area contributed by atoms with E-state index in [1.54, 1.807) is 11.1 Å². The summed E-state index contributed by atoms with van der Waals surface area (Å²) in [4.78, 5) is 28.8. The van der Waals surface area contributed by atoms with Gasteiger partial charge in [-0.05, 0) is 11.6 Å². The van der Waals surface area contributed by atoms with Gasteiger partial charge in [0.15, 0.2) is 0 Å². The SMILES string of the molecule is O=C1CCN(Cc2cccc3cccnc23)C1=O. The van der Waals surface area contributed by atoms with E-state index >= 15 is 0 Å². The minimum Gasteiger partial charge on any atom is -0.331 e. The molecule has 0 aliphatic carbocycles. The number of amides is 1. The van der Waals surface area contributed by atoms with Crippen LogP contribution in [0.2, 0.25) is 0 Å². The van der Waals surface area contributed by atoms with Crippen LogP contribution in [0.3, 0.4) is 0 Å². The summed E-state index contributed by atoms with van der Waals surface area (Å²) in [6.45, 7) is 0.972. The molecule has 3 rings (SSSR count). The Balaban J connectivity index is 1.96. The molecule has 2 heterocycles. The van der Waals surface area contributed by atoms with E-state index in [1.165, 1.54) is 0 Å². The number of pyridine rings is 1. The molecule has 0 unspecified atom stereocenters. The normalized spacial score (nSPS) is 15.7. The van der Waals surface area contributed by atoms with Crippen molar-refractivity contribution in [3.8, 4) is 0 Å². The molecule has 1 aliphatic rings. The maximum Gasteiger partial charge on any atom is 0.290 e. The molecule has 1 aromatic heterocycles. The van der Waals surface area contributed by atoms with E-state index < -0.39 is 0 Å². The highest BCUT2D eigenvalue weighted by Gasteiger charge is 2.29. The van der Waals surface area contributed by atoms with Gasteiger partial charge in [-0.25, -0.2) is 0 Å². The van der Waals surface area contributed by atoms with Crippen molar-refractivity contribution in [3.63, 3.8) is 0 Å². The Morgan fingerprint density at radius 2 is 2.00 bits per heavy atom. The molecule has 1 aromatic carbocycles. The van der Waals surface area contributed by atoms with Gasteiger partial charge in [0.2, 0.25) is 5.78 Å². The number of fused-ring (bicyclic) bond motifs is 1. The van der Waals surface area contributed by atoms with Gasteiger partial charge >= 0.3 is 0 Å². The Morgan fingerprint density at radius 1 is 1.17 bits per heavy atom. The fraction of sp³-hybridized carbons (Fsp3) is 0.214. The van der Waals surface area contributed by atoms with Gasteiger partial charge in [-0.3, -0.25) is 14.6 Å². The summed E-state index contributed by atoms with van der Waals surface area (Å²) >= 11 is 0. The molecule has 90 valence electrons. The Hall–Kier alpha value is -2.23. The number of benzene rings is 1. The Bertz CT molecular complexity index is 631. The Labute approximate surface area is 104 Å². The topological polar surface area (TPSA) is 50.3 Å². The summed E-state index contributed by atoms with van der Waals surface area (Å²) in [7, 11) is 0. The highest BCUT2D eigenvalue weighted by Crippen LogP contribution is 2.19.